The molecule has 0 aliphatic heterocycles. The van der Waals surface area contributed by atoms with Crippen LogP contribution in [0.25, 0.3) is 27.7 Å². The Morgan fingerprint density at radius 3 is 2.69 bits per heavy atom. The molecule has 12 heteroatoms. The minimum atomic E-state index is -4.11. The lowest BCUT2D eigenvalue weighted by Crippen LogP contribution is -2.32. The Hall–Kier alpha value is -3.51. The maximum atomic E-state index is 15.4. The van der Waals surface area contributed by atoms with Gasteiger partial charge in [-0.15, -0.1) is 0 Å². The number of hydrogen-bond acceptors (Lipinski definition) is 7. The van der Waals surface area contributed by atoms with Crippen LogP contribution in [0.4, 0.5) is 15.9 Å². The monoisotopic (exact) mass is 612 g/mol. The first-order valence-electron chi connectivity index (χ1n) is 13.8. The summed E-state index contributed by atoms with van der Waals surface area (Å²) in [5.41, 5.74) is 10.1. The van der Waals surface area contributed by atoms with Gasteiger partial charge in [-0.2, -0.15) is 5.10 Å². The zero-order valence-corrected chi connectivity index (χ0v) is 25.3. The number of nitrogens with zero attached hydrogens (tertiary/aromatic N) is 3. The second-order valence-electron chi connectivity index (χ2n) is 10.5. The average molecular weight is 613 g/mol. The molecule has 222 valence electrons. The van der Waals surface area contributed by atoms with Gasteiger partial charge < -0.3 is 15.8 Å². The van der Waals surface area contributed by atoms with Crippen molar-refractivity contribution in [1.82, 2.24) is 20.1 Å². The number of nitrogens with two attached hydrogens (primary N) is 1. The molecule has 1 atom stereocenters. The van der Waals surface area contributed by atoms with Crippen molar-refractivity contribution in [2.45, 2.75) is 50.1 Å². The largest absolute Gasteiger partial charge is 0.383 e. The fraction of sp³-hybridized carbons (Fsp3) is 0.333. The van der Waals surface area contributed by atoms with Crippen molar-refractivity contribution in [3.05, 3.63) is 71.1 Å². The van der Waals surface area contributed by atoms with E-state index < -0.39 is 15.8 Å². The van der Waals surface area contributed by atoms with Crippen LogP contribution >= 0.6 is 11.6 Å². The predicted molar refractivity (Wildman–Crippen MR) is 165 cm³/mol. The highest BCUT2D eigenvalue weighted by Gasteiger charge is 2.25. The predicted octanol–water partition coefficient (Wildman–Crippen LogP) is 6.03. The molecule has 0 fully saturated rings. The van der Waals surface area contributed by atoms with Crippen LogP contribution in [0, 0.1) is 5.82 Å². The average Bonchev–Trinajstić information content (AvgIpc) is 3.37. The molecule has 0 spiro atoms. The smallest absolute Gasteiger partial charge is 0.263 e. The third-order valence-electron chi connectivity index (χ3n) is 7.35. The second-order valence-corrected chi connectivity index (χ2v) is 12.6. The summed E-state index contributed by atoms with van der Waals surface area (Å²) in [5, 5.41) is 9.06. The molecule has 0 amide bonds. The number of hydrogen-bond donors (Lipinski definition) is 3. The topological polar surface area (TPSA) is 124 Å². The van der Waals surface area contributed by atoms with Gasteiger partial charge in [0.25, 0.3) is 10.0 Å². The molecule has 5 rings (SSSR count). The fourth-order valence-corrected chi connectivity index (χ4v) is 6.83. The maximum absolute atomic E-state index is 15.4. The van der Waals surface area contributed by atoms with Crippen molar-refractivity contribution in [3.8, 4) is 11.3 Å². The van der Waals surface area contributed by atoms with Gasteiger partial charge in [-0.1, -0.05) is 35.9 Å². The molecular formula is C30H34ClFN6O3S. The lowest BCUT2D eigenvalue weighted by atomic mass is 9.90. The summed E-state index contributed by atoms with van der Waals surface area (Å²) >= 11 is 6.07. The van der Waals surface area contributed by atoms with Crippen LogP contribution in [0.1, 0.15) is 44.7 Å². The van der Waals surface area contributed by atoms with E-state index in [9.17, 15) is 8.42 Å². The first-order chi connectivity index (χ1) is 20.1. The van der Waals surface area contributed by atoms with Crippen molar-refractivity contribution in [2.24, 2.45) is 0 Å². The van der Waals surface area contributed by atoms with E-state index in [-0.39, 0.29) is 27.5 Å². The standard InChI is InChI=1S/C30H34ClFN6O3S/c1-18(2)38-29-22(19-8-11-21(12-9-19)34-14-15-41-3)17-35-30(33)27(29)28(36-38)20-10-13-25(24(32)16-20)37-42(39,40)26-7-5-4-6-23(26)31/h4-8,10,13,16-18,21,34,37H,9,11-12,14-15H2,1-3H3,(H2,33,35)/t21-/m1/s1. The van der Waals surface area contributed by atoms with E-state index in [0.29, 0.717) is 29.3 Å². The quantitative estimate of drug-likeness (QED) is 0.187. The van der Waals surface area contributed by atoms with Gasteiger partial charge in [0.1, 0.15) is 22.2 Å². The molecule has 0 saturated carbocycles. The Morgan fingerprint density at radius 2 is 2.02 bits per heavy atom. The number of nitrogens with one attached hydrogen (secondary N) is 2. The Kier molecular flexibility index (Phi) is 8.84. The number of benzene rings is 2. The molecule has 9 nitrogen and oxygen atoms in total. The number of aromatic nitrogens is 3. The first kappa shape index (κ1) is 30.0. The SMILES string of the molecule is COCCN[C@@H]1CC=C(c2cnc(N)c3c(-c4ccc(NS(=O)(=O)c5ccccc5Cl)c(F)c4)nn(C(C)C)c23)CC1. The summed E-state index contributed by atoms with van der Waals surface area (Å²) in [6.07, 6.45) is 6.74. The minimum Gasteiger partial charge on any atom is -0.383 e. The van der Waals surface area contributed by atoms with Gasteiger partial charge in [0.05, 0.1) is 28.2 Å². The third kappa shape index (κ3) is 6.00. The molecule has 0 unspecified atom stereocenters. The van der Waals surface area contributed by atoms with Crippen molar-refractivity contribution in [2.75, 3.05) is 30.7 Å². The molecule has 0 bridgehead atoms. The summed E-state index contributed by atoms with van der Waals surface area (Å²) in [6, 6.07) is 10.6. The summed E-state index contributed by atoms with van der Waals surface area (Å²) in [4.78, 5) is 4.36. The van der Waals surface area contributed by atoms with Gasteiger partial charge in [-0.05, 0) is 62.9 Å². The van der Waals surface area contributed by atoms with E-state index in [2.05, 4.69) is 21.1 Å². The molecule has 2 aromatic heterocycles. The Balaban J connectivity index is 1.52. The van der Waals surface area contributed by atoms with E-state index in [0.717, 1.165) is 36.9 Å². The molecule has 42 heavy (non-hydrogen) atoms. The molecule has 2 heterocycles. The highest BCUT2D eigenvalue weighted by Crippen LogP contribution is 2.40. The number of allylic oxidation sites excluding steroid dienone is 1. The number of anilines is 2. The van der Waals surface area contributed by atoms with Gasteiger partial charge in [-0.25, -0.2) is 17.8 Å². The van der Waals surface area contributed by atoms with Crippen molar-refractivity contribution < 1.29 is 17.5 Å². The molecule has 4 N–H and O–H groups in total. The van der Waals surface area contributed by atoms with Crippen molar-refractivity contribution >= 4 is 49.6 Å². The summed E-state index contributed by atoms with van der Waals surface area (Å²) in [5.74, 6) is -0.477. The van der Waals surface area contributed by atoms with E-state index in [1.807, 2.05) is 18.5 Å². The summed E-state index contributed by atoms with van der Waals surface area (Å²) in [6.45, 7) is 5.52. The van der Waals surface area contributed by atoms with Crippen LogP contribution in [-0.4, -0.2) is 49.5 Å². The summed E-state index contributed by atoms with van der Waals surface area (Å²) < 4.78 is 50.5. The second kappa shape index (κ2) is 12.4. The number of nitrogen functional groups attached to an aromatic ring is 1. The number of sulfonamides is 1. The molecule has 0 saturated heterocycles. The Morgan fingerprint density at radius 1 is 1.24 bits per heavy atom. The van der Waals surface area contributed by atoms with Crippen molar-refractivity contribution in [3.63, 3.8) is 0 Å². The highest BCUT2D eigenvalue weighted by molar-refractivity contribution is 7.92. The Bertz CT molecular complexity index is 1760. The minimum absolute atomic E-state index is 0.0130. The van der Waals surface area contributed by atoms with Crippen LogP contribution in [0.15, 0.2) is 59.6 Å². The number of fused-ring (bicyclic) bond motifs is 1. The van der Waals surface area contributed by atoms with Crippen LogP contribution in [0.5, 0.6) is 0 Å². The fourth-order valence-electron chi connectivity index (χ4n) is 5.24. The number of methoxy groups -OCH3 is 1. The van der Waals surface area contributed by atoms with E-state index in [1.54, 1.807) is 31.5 Å². The first-order valence-corrected chi connectivity index (χ1v) is 15.6. The lowest BCUT2D eigenvalue weighted by molar-refractivity contribution is 0.195. The maximum Gasteiger partial charge on any atom is 0.263 e. The van der Waals surface area contributed by atoms with Crippen LogP contribution < -0.4 is 15.8 Å². The van der Waals surface area contributed by atoms with Gasteiger partial charge in [0.2, 0.25) is 0 Å². The normalized spacial score (nSPS) is 15.8. The third-order valence-corrected chi connectivity index (χ3v) is 9.22. The van der Waals surface area contributed by atoms with Gasteiger partial charge in [0.15, 0.2) is 0 Å². The molecule has 1 aliphatic carbocycles. The molecular weight excluding hydrogens is 579 g/mol. The summed E-state index contributed by atoms with van der Waals surface area (Å²) in [7, 11) is -2.42. The lowest BCUT2D eigenvalue weighted by Gasteiger charge is -2.24. The van der Waals surface area contributed by atoms with Gasteiger partial charge >= 0.3 is 0 Å². The number of rotatable bonds is 10. The van der Waals surface area contributed by atoms with E-state index in [4.69, 9.17) is 27.2 Å². The number of pyridine rings is 1. The number of ether oxygens (including phenoxy) is 1. The molecule has 2 aromatic carbocycles. The zero-order chi connectivity index (χ0) is 30.0. The molecule has 0 radical (unpaired) electrons. The number of halogens is 2. The van der Waals surface area contributed by atoms with Crippen LogP contribution in [0.3, 0.4) is 0 Å². The van der Waals surface area contributed by atoms with Crippen LogP contribution in [0.2, 0.25) is 5.02 Å². The molecule has 4 aromatic rings. The van der Waals surface area contributed by atoms with Gasteiger partial charge in [0, 0.05) is 43.1 Å². The van der Waals surface area contributed by atoms with Gasteiger partial charge in [-0.3, -0.25) is 9.40 Å². The van der Waals surface area contributed by atoms with Crippen molar-refractivity contribution in [1.29, 1.82) is 0 Å². The Labute approximate surface area is 250 Å². The van der Waals surface area contributed by atoms with E-state index in [1.165, 1.54) is 29.8 Å². The zero-order valence-electron chi connectivity index (χ0n) is 23.7. The highest BCUT2D eigenvalue weighted by atomic mass is 35.5. The van der Waals surface area contributed by atoms with E-state index >= 15 is 4.39 Å². The molecule has 1 aliphatic rings. The van der Waals surface area contributed by atoms with Crippen LogP contribution in [-0.2, 0) is 14.8 Å².